The molecule has 0 aromatic heterocycles. The van der Waals surface area contributed by atoms with Crippen LogP contribution in [0.4, 0.5) is 0 Å². The van der Waals surface area contributed by atoms with Crippen LogP contribution in [0.5, 0.6) is 0 Å². The number of esters is 1. The molecule has 1 aliphatic rings. The van der Waals surface area contributed by atoms with E-state index in [-0.39, 0.29) is 29.2 Å². The standard InChI is InChI=1S/C23H22N2O5/c1-3-11-25-21(27)18-10-9-17(12-19(18)22(25)28)23(29)30-14-20(26)24-13-15(2)16-7-5-4-6-8-16/h3-10,12,15H,1,11,13-14H2,2H3,(H,24,26). The molecule has 0 saturated carbocycles. The normalized spacial score (nSPS) is 13.6. The monoisotopic (exact) mass is 406 g/mol. The maximum Gasteiger partial charge on any atom is 0.338 e. The van der Waals surface area contributed by atoms with Crippen LogP contribution in [-0.2, 0) is 9.53 Å². The predicted octanol–water partition coefficient (Wildman–Crippen LogP) is 2.55. The summed E-state index contributed by atoms with van der Waals surface area (Å²) in [5.41, 5.74) is 1.56. The average Bonchev–Trinajstić information content (AvgIpc) is 3.01. The lowest BCUT2D eigenvalue weighted by Crippen LogP contribution is -2.31. The number of nitrogens with zero attached hydrogens (tertiary/aromatic N) is 1. The summed E-state index contributed by atoms with van der Waals surface area (Å²) in [6.45, 7) is 5.58. The number of hydrogen-bond donors (Lipinski definition) is 1. The minimum absolute atomic E-state index is 0.0910. The van der Waals surface area contributed by atoms with E-state index in [1.54, 1.807) is 0 Å². The van der Waals surface area contributed by atoms with E-state index in [9.17, 15) is 19.2 Å². The molecule has 0 saturated heterocycles. The second-order valence-electron chi connectivity index (χ2n) is 6.96. The van der Waals surface area contributed by atoms with Gasteiger partial charge in [-0.05, 0) is 29.7 Å². The van der Waals surface area contributed by atoms with E-state index in [1.165, 1.54) is 24.3 Å². The molecule has 1 unspecified atom stereocenters. The van der Waals surface area contributed by atoms with Gasteiger partial charge in [0, 0.05) is 13.1 Å². The molecule has 3 amide bonds. The largest absolute Gasteiger partial charge is 0.452 e. The van der Waals surface area contributed by atoms with Crippen LogP contribution in [-0.4, -0.2) is 48.3 Å². The molecule has 1 N–H and O–H groups in total. The number of benzene rings is 2. The zero-order chi connectivity index (χ0) is 21.7. The van der Waals surface area contributed by atoms with Crippen LogP contribution in [0.2, 0.25) is 0 Å². The Morgan fingerprint density at radius 2 is 1.80 bits per heavy atom. The first kappa shape index (κ1) is 21.0. The molecule has 0 aliphatic carbocycles. The Kier molecular flexibility index (Phi) is 6.41. The SMILES string of the molecule is C=CCN1C(=O)c2ccc(C(=O)OCC(=O)NCC(C)c3ccccc3)cc2C1=O. The second kappa shape index (κ2) is 9.17. The Morgan fingerprint density at radius 1 is 1.10 bits per heavy atom. The first-order chi connectivity index (χ1) is 14.4. The smallest absolute Gasteiger partial charge is 0.338 e. The third-order valence-corrected chi connectivity index (χ3v) is 4.83. The summed E-state index contributed by atoms with van der Waals surface area (Å²) in [7, 11) is 0. The van der Waals surface area contributed by atoms with Crippen molar-refractivity contribution < 1.29 is 23.9 Å². The molecule has 2 aromatic carbocycles. The Balaban J connectivity index is 1.54. The van der Waals surface area contributed by atoms with Crippen LogP contribution in [0.25, 0.3) is 0 Å². The number of carbonyl (C=O) groups excluding carboxylic acids is 4. The molecule has 0 fully saturated rings. The number of ether oxygens (including phenoxy) is 1. The fraction of sp³-hybridized carbons (Fsp3) is 0.217. The third-order valence-electron chi connectivity index (χ3n) is 4.83. The van der Waals surface area contributed by atoms with E-state index in [0.717, 1.165) is 10.5 Å². The van der Waals surface area contributed by atoms with E-state index in [2.05, 4.69) is 11.9 Å². The van der Waals surface area contributed by atoms with Gasteiger partial charge in [0.05, 0.1) is 16.7 Å². The average molecular weight is 406 g/mol. The molecule has 30 heavy (non-hydrogen) atoms. The van der Waals surface area contributed by atoms with Crippen LogP contribution < -0.4 is 5.32 Å². The lowest BCUT2D eigenvalue weighted by molar-refractivity contribution is -0.124. The van der Waals surface area contributed by atoms with Crippen molar-refractivity contribution in [3.8, 4) is 0 Å². The van der Waals surface area contributed by atoms with Gasteiger partial charge in [0.1, 0.15) is 0 Å². The molecular formula is C23H22N2O5. The maximum atomic E-state index is 12.3. The minimum atomic E-state index is -0.744. The topological polar surface area (TPSA) is 92.8 Å². The molecule has 7 nitrogen and oxygen atoms in total. The predicted molar refractivity (Wildman–Crippen MR) is 110 cm³/mol. The van der Waals surface area contributed by atoms with Gasteiger partial charge in [-0.2, -0.15) is 0 Å². The molecule has 1 heterocycles. The number of fused-ring (bicyclic) bond motifs is 1. The molecular weight excluding hydrogens is 384 g/mol. The summed E-state index contributed by atoms with van der Waals surface area (Å²) in [6.07, 6.45) is 1.45. The highest BCUT2D eigenvalue weighted by Gasteiger charge is 2.35. The molecule has 154 valence electrons. The van der Waals surface area contributed by atoms with Gasteiger partial charge < -0.3 is 10.1 Å². The summed E-state index contributed by atoms with van der Waals surface area (Å²) in [6, 6.07) is 13.9. The van der Waals surface area contributed by atoms with Gasteiger partial charge in [-0.15, -0.1) is 6.58 Å². The van der Waals surface area contributed by atoms with E-state index < -0.39 is 30.3 Å². The second-order valence-corrected chi connectivity index (χ2v) is 6.96. The number of hydrogen-bond acceptors (Lipinski definition) is 5. The summed E-state index contributed by atoms with van der Waals surface area (Å²) < 4.78 is 5.05. The van der Waals surface area contributed by atoms with Crippen molar-refractivity contribution >= 4 is 23.7 Å². The van der Waals surface area contributed by atoms with E-state index in [0.29, 0.717) is 6.54 Å². The Morgan fingerprint density at radius 3 is 2.50 bits per heavy atom. The van der Waals surface area contributed by atoms with Crippen molar-refractivity contribution in [2.24, 2.45) is 0 Å². The molecule has 1 atom stereocenters. The zero-order valence-electron chi connectivity index (χ0n) is 16.6. The van der Waals surface area contributed by atoms with E-state index in [4.69, 9.17) is 4.74 Å². The van der Waals surface area contributed by atoms with Gasteiger partial charge in [-0.25, -0.2) is 4.79 Å². The van der Waals surface area contributed by atoms with Crippen molar-refractivity contribution in [2.75, 3.05) is 19.7 Å². The number of rotatable bonds is 8. The molecule has 1 aliphatic heterocycles. The highest BCUT2D eigenvalue weighted by Crippen LogP contribution is 2.24. The molecule has 0 bridgehead atoms. The van der Waals surface area contributed by atoms with Crippen LogP contribution in [0, 0.1) is 0 Å². The summed E-state index contributed by atoms with van der Waals surface area (Å²) >= 11 is 0. The highest BCUT2D eigenvalue weighted by atomic mass is 16.5. The molecule has 3 rings (SSSR count). The quantitative estimate of drug-likeness (QED) is 0.413. The Labute approximate surface area is 174 Å². The number of nitrogens with one attached hydrogen (secondary N) is 1. The van der Waals surface area contributed by atoms with Crippen LogP contribution >= 0.6 is 0 Å². The summed E-state index contributed by atoms with van der Waals surface area (Å²) in [5, 5.41) is 2.73. The first-order valence-corrected chi connectivity index (χ1v) is 9.52. The van der Waals surface area contributed by atoms with Gasteiger partial charge in [0.15, 0.2) is 6.61 Å². The zero-order valence-corrected chi connectivity index (χ0v) is 16.6. The van der Waals surface area contributed by atoms with E-state index in [1.807, 2.05) is 37.3 Å². The van der Waals surface area contributed by atoms with Crippen molar-refractivity contribution in [1.82, 2.24) is 10.2 Å². The van der Waals surface area contributed by atoms with E-state index >= 15 is 0 Å². The molecule has 7 heteroatoms. The molecule has 0 spiro atoms. The molecule has 0 radical (unpaired) electrons. The number of amides is 3. The van der Waals surface area contributed by atoms with Crippen LogP contribution in [0.3, 0.4) is 0 Å². The highest BCUT2D eigenvalue weighted by molar-refractivity contribution is 6.22. The summed E-state index contributed by atoms with van der Waals surface area (Å²) in [4.78, 5) is 49.9. The fourth-order valence-electron chi connectivity index (χ4n) is 3.14. The maximum absolute atomic E-state index is 12.3. The first-order valence-electron chi connectivity index (χ1n) is 9.52. The van der Waals surface area contributed by atoms with Crippen LogP contribution in [0.15, 0.2) is 61.2 Å². The molecule has 2 aromatic rings. The van der Waals surface area contributed by atoms with Crippen molar-refractivity contribution in [3.63, 3.8) is 0 Å². The lowest BCUT2D eigenvalue weighted by atomic mass is 10.0. The third kappa shape index (κ3) is 4.46. The number of imide groups is 1. The van der Waals surface area contributed by atoms with Gasteiger partial charge in [-0.3, -0.25) is 19.3 Å². The van der Waals surface area contributed by atoms with Crippen molar-refractivity contribution in [1.29, 1.82) is 0 Å². The number of carbonyl (C=O) groups is 4. The fourth-order valence-corrected chi connectivity index (χ4v) is 3.14. The minimum Gasteiger partial charge on any atom is -0.452 e. The van der Waals surface area contributed by atoms with Gasteiger partial charge >= 0.3 is 5.97 Å². The Hall–Kier alpha value is -3.74. The van der Waals surface area contributed by atoms with Gasteiger partial charge in [0.2, 0.25) is 0 Å². The van der Waals surface area contributed by atoms with Gasteiger partial charge in [-0.1, -0.05) is 43.3 Å². The van der Waals surface area contributed by atoms with Crippen LogP contribution in [0.1, 0.15) is 49.5 Å². The van der Waals surface area contributed by atoms with Gasteiger partial charge in [0.25, 0.3) is 17.7 Å². The lowest BCUT2D eigenvalue weighted by Gasteiger charge is -2.13. The van der Waals surface area contributed by atoms with Crippen molar-refractivity contribution in [3.05, 3.63) is 83.4 Å². The Bertz CT molecular complexity index is 1000. The summed E-state index contributed by atoms with van der Waals surface area (Å²) in [5.74, 6) is -1.97. The van der Waals surface area contributed by atoms with Crippen molar-refractivity contribution in [2.45, 2.75) is 12.8 Å².